The number of para-hydroxylation sites is 1. The number of sulfone groups is 1. The Morgan fingerprint density at radius 3 is 2.62 bits per heavy atom. The number of aliphatic hydroxyl groups excluding tert-OH is 1. The molecular weight excluding hydrogens is 228 g/mol. The van der Waals surface area contributed by atoms with Crippen molar-refractivity contribution in [2.24, 2.45) is 0 Å². The lowest BCUT2D eigenvalue weighted by Gasteiger charge is -2.14. The molecule has 0 radical (unpaired) electrons. The highest BCUT2D eigenvalue weighted by Crippen LogP contribution is 2.29. The molecule has 1 aromatic rings. The molecule has 0 fully saturated rings. The van der Waals surface area contributed by atoms with Gasteiger partial charge in [0.2, 0.25) is 9.84 Å². The normalized spacial score (nSPS) is 13.4. The first-order chi connectivity index (χ1) is 7.41. The fourth-order valence-electron chi connectivity index (χ4n) is 1.33. The van der Waals surface area contributed by atoms with Gasteiger partial charge in [-0.3, -0.25) is 0 Å². The van der Waals surface area contributed by atoms with Crippen molar-refractivity contribution in [3.63, 3.8) is 0 Å². The van der Waals surface area contributed by atoms with Crippen molar-refractivity contribution in [3.05, 3.63) is 18.2 Å². The van der Waals surface area contributed by atoms with Crippen molar-refractivity contribution in [3.8, 4) is 0 Å². The van der Waals surface area contributed by atoms with Crippen LogP contribution >= 0.6 is 0 Å². The fourth-order valence-corrected chi connectivity index (χ4v) is 2.45. The Balaban J connectivity index is 3.39. The number of nitrogens with two attached hydrogens (primary N) is 1. The summed E-state index contributed by atoms with van der Waals surface area (Å²) in [5.74, 6) is 0. The molecule has 0 aliphatic carbocycles. The van der Waals surface area contributed by atoms with Gasteiger partial charge in [-0.15, -0.1) is 0 Å². The van der Waals surface area contributed by atoms with E-state index in [9.17, 15) is 13.5 Å². The van der Waals surface area contributed by atoms with E-state index in [4.69, 9.17) is 5.73 Å². The van der Waals surface area contributed by atoms with Gasteiger partial charge in [0.1, 0.15) is 0 Å². The van der Waals surface area contributed by atoms with Gasteiger partial charge in [-0.05, 0) is 26.0 Å². The number of hydrogen-bond acceptors (Lipinski definition) is 5. The summed E-state index contributed by atoms with van der Waals surface area (Å²) in [7, 11) is -3.74. The van der Waals surface area contributed by atoms with Crippen LogP contribution in [0.25, 0.3) is 0 Å². The molecule has 0 aliphatic heterocycles. The smallest absolute Gasteiger partial charge is 0.206 e. The first kappa shape index (κ1) is 12.8. The summed E-state index contributed by atoms with van der Waals surface area (Å²) in [5, 5.41) is 12.2. The van der Waals surface area contributed by atoms with Crippen molar-refractivity contribution >= 4 is 21.2 Å². The molecule has 0 amide bonds. The van der Waals surface area contributed by atoms with Gasteiger partial charge in [0.15, 0.2) is 5.44 Å². The molecule has 1 rings (SSSR count). The highest BCUT2D eigenvalue weighted by atomic mass is 32.2. The van der Waals surface area contributed by atoms with Crippen LogP contribution in [0.2, 0.25) is 0 Å². The van der Waals surface area contributed by atoms with Gasteiger partial charge >= 0.3 is 0 Å². The number of hydrogen-bond donors (Lipinski definition) is 3. The number of benzene rings is 1. The highest BCUT2D eigenvalue weighted by Gasteiger charge is 2.24. The van der Waals surface area contributed by atoms with Gasteiger partial charge in [0, 0.05) is 6.54 Å². The van der Waals surface area contributed by atoms with Gasteiger partial charge in [-0.25, -0.2) is 8.42 Å². The Morgan fingerprint density at radius 2 is 2.12 bits per heavy atom. The van der Waals surface area contributed by atoms with Crippen LogP contribution in [0, 0.1) is 0 Å². The third-order valence-corrected chi connectivity index (χ3v) is 4.02. The predicted octanol–water partition coefficient (Wildman–Crippen LogP) is 0.813. The molecule has 6 heteroatoms. The van der Waals surface area contributed by atoms with Crippen LogP contribution in [0.15, 0.2) is 23.1 Å². The van der Waals surface area contributed by atoms with Crippen molar-refractivity contribution < 1.29 is 13.5 Å². The second-order valence-electron chi connectivity index (χ2n) is 3.40. The zero-order chi connectivity index (χ0) is 12.3. The maximum absolute atomic E-state index is 11.8. The lowest BCUT2D eigenvalue weighted by atomic mass is 10.2. The number of rotatable bonds is 4. The Labute approximate surface area is 95.2 Å². The number of nitrogens with one attached hydrogen (secondary N) is 1. The number of anilines is 2. The fraction of sp³-hybridized carbons (Fsp3) is 0.400. The largest absolute Gasteiger partial charge is 0.397 e. The minimum Gasteiger partial charge on any atom is -0.397 e. The molecule has 16 heavy (non-hydrogen) atoms. The Hall–Kier alpha value is -1.27. The van der Waals surface area contributed by atoms with Crippen LogP contribution in [-0.4, -0.2) is 25.5 Å². The monoisotopic (exact) mass is 244 g/mol. The standard InChI is InChI=1S/C10H16N2O3S/c1-3-12-10-8(11)5-4-6-9(10)16(14,15)7(2)13/h4-7,12-13H,3,11H2,1-2H3. The molecule has 0 saturated carbocycles. The Morgan fingerprint density at radius 1 is 1.50 bits per heavy atom. The molecule has 0 aliphatic rings. The van der Waals surface area contributed by atoms with E-state index in [1.807, 2.05) is 6.92 Å². The molecule has 5 nitrogen and oxygen atoms in total. The van der Waals surface area contributed by atoms with Gasteiger partial charge in [-0.1, -0.05) is 6.07 Å². The zero-order valence-electron chi connectivity index (χ0n) is 9.27. The van der Waals surface area contributed by atoms with Gasteiger partial charge < -0.3 is 16.2 Å². The summed E-state index contributed by atoms with van der Waals surface area (Å²) in [4.78, 5) is 0.0318. The van der Waals surface area contributed by atoms with Crippen LogP contribution in [0.4, 0.5) is 11.4 Å². The van der Waals surface area contributed by atoms with Crippen LogP contribution in [0.3, 0.4) is 0 Å². The van der Waals surface area contributed by atoms with E-state index in [2.05, 4.69) is 5.32 Å². The SMILES string of the molecule is CCNc1c(N)cccc1S(=O)(=O)C(C)O. The van der Waals surface area contributed by atoms with Gasteiger partial charge in [-0.2, -0.15) is 0 Å². The van der Waals surface area contributed by atoms with Crippen molar-refractivity contribution in [2.45, 2.75) is 24.2 Å². The van der Waals surface area contributed by atoms with E-state index in [0.29, 0.717) is 17.9 Å². The van der Waals surface area contributed by atoms with E-state index in [1.54, 1.807) is 12.1 Å². The quantitative estimate of drug-likeness (QED) is 0.682. The number of aliphatic hydroxyl groups is 1. The van der Waals surface area contributed by atoms with E-state index in [-0.39, 0.29) is 4.90 Å². The van der Waals surface area contributed by atoms with Crippen molar-refractivity contribution in [2.75, 3.05) is 17.6 Å². The molecule has 4 N–H and O–H groups in total. The van der Waals surface area contributed by atoms with E-state index >= 15 is 0 Å². The van der Waals surface area contributed by atoms with E-state index in [1.165, 1.54) is 13.0 Å². The molecular formula is C10H16N2O3S. The lowest BCUT2D eigenvalue weighted by Crippen LogP contribution is -2.19. The molecule has 1 atom stereocenters. The minimum atomic E-state index is -3.74. The highest BCUT2D eigenvalue weighted by molar-refractivity contribution is 7.92. The lowest BCUT2D eigenvalue weighted by molar-refractivity contribution is 0.268. The predicted molar refractivity (Wildman–Crippen MR) is 63.9 cm³/mol. The van der Waals surface area contributed by atoms with Crippen LogP contribution in [-0.2, 0) is 9.84 Å². The summed E-state index contributed by atoms with van der Waals surface area (Å²) in [6, 6.07) is 4.58. The first-order valence-corrected chi connectivity index (χ1v) is 6.50. The third kappa shape index (κ3) is 2.28. The maximum atomic E-state index is 11.8. The Bertz CT molecular complexity index is 469. The summed E-state index contributed by atoms with van der Waals surface area (Å²) in [5.41, 5.74) is 4.95. The molecule has 0 saturated heterocycles. The summed E-state index contributed by atoms with van der Waals surface area (Å²) in [6.07, 6.45) is 0. The van der Waals surface area contributed by atoms with Gasteiger partial charge in [0.25, 0.3) is 0 Å². The molecule has 0 spiro atoms. The van der Waals surface area contributed by atoms with Crippen molar-refractivity contribution in [1.82, 2.24) is 0 Å². The first-order valence-electron chi connectivity index (χ1n) is 4.95. The Kier molecular flexibility index (Phi) is 3.77. The third-order valence-electron chi connectivity index (χ3n) is 2.17. The average Bonchev–Trinajstić information content (AvgIpc) is 2.20. The van der Waals surface area contributed by atoms with Crippen molar-refractivity contribution in [1.29, 1.82) is 0 Å². The second-order valence-corrected chi connectivity index (χ2v) is 5.61. The summed E-state index contributed by atoms with van der Waals surface area (Å²) in [6.45, 7) is 3.61. The molecule has 90 valence electrons. The number of nitrogen functional groups attached to an aromatic ring is 1. The summed E-state index contributed by atoms with van der Waals surface area (Å²) < 4.78 is 23.7. The zero-order valence-corrected chi connectivity index (χ0v) is 10.1. The molecule has 0 heterocycles. The van der Waals surface area contributed by atoms with Crippen LogP contribution in [0.5, 0.6) is 0 Å². The van der Waals surface area contributed by atoms with E-state index in [0.717, 1.165) is 0 Å². The topological polar surface area (TPSA) is 92.4 Å². The maximum Gasteiger partial charge on any atom is 0.206 e. The summed E-state index contributed by atoms with van der Waals surface area (Å²) >= 11 is 0. The van der Waals surface area contributed by atoms with Crippen LogP contribution in [0.1, 0.15) is 13.8 Å². The molecule has 1 aromatic carbocycles. The average molecular weight is 244 g/mol. The molecule has 1 unspecified atom stereocenters. The van der Waals surface area contributed by atoms with E-state index < -0.39 is 15.3 Å². The van der Waals surface area contributed by atoms with Gasteiger partial charge in [0.05, 0.1) is 16.3 Å². The molecule has 0 aromatic heterocycles. The minimum absolute atomic E-state index is 0.0318. The second kappa shape index (κ2) is 4.71. The molecule has 0 bridgehead atoms. The van der Waals surface area contributed by atoms with Crippen LogP contribution < -0.4 is 11.1 Å².